The normalized spacial score (nSPS) is 11.3. The molecule has 0 fully saturated rings. The monoisotopic (exact) mass is 538 g/mol. The minimum Gasteiger partial charge on any atom is -0.255 e. The van der Waals surface area contributed by atoms with Gasteiger partial charge in [0.15, 0.2) is 11.6 Å². The predicted octanol–water partition coefficient (Wildman–Crippen LogP) is 8.18. The fourth-order valence-electron chi connectivity index (χ4n) is 5.56. The van der Waals surface area contributed by atoms with Crippen molar-refractivity contribution in [3.8, 4) is 45.6 Å². The van der Waals surface area contributed by atoms with E-state index in [4.69, 9.17) is 9.97 Å². The first kappa shape index (κ1) is 24.0. The van der Waals surface area contributed by atoms with Gasteiger partial charge in [-0.25, -0.2) is 19.9 Å². The maximum absolute atomic E-state index is 4.91. The summed E-state index contributed by atoms with van der Waals surface area (Å²) in [5, 5.41) is 6.88. The Morgan fingerprint density at radius 1 is 0.381 bits per heavy atom. The smallest absolute Gasteiger partial charge is 0.160 e. The summed E-state index contributed by atoms with van der Waals surface area (Å²) in [6, 6.07) is 36.9. The van der Waals surface area contributed by atoms with Crippen LogP contribution in [0.4, 0.5) is 0 Å². The molecule has 0 aliphatic carbocycles. The molecule has 0 N–H and O–H groups in total. The Kier molecular flexibility index (Phi) is 5.67. The average Bonchev–Trinajstić information content (AvgIpc) is 3.08. The Hall–Kier alpha value is -5.88. The van der Waals surface area contributed by atoms with Crippen LogP contribution >= 0.6 is 0 Å². The minimum atomic E-state index is 0.672. The second kappa shape index (κ2) is 9.94. The number of hydrogen-bond acceptors (Lipinski definition) is 6. The zero-order chi connectivity index (χ0) is 27.9. The maximum atomic E-state index is 4.91. The summed E-state index contributed by atoms with van der Waals surface area (Å²) in [7, 11) is 0. The van der Waals surface area contributed by atoms with Crippen molar-refractivity contribution in [1.82, 2.24) is 29.9 Å². The molecule has 0 amide bonds. The molecule has 42 heavy (non-hydrogen) atoms. The Morgan fingerprint density at radius 3 is 1.74 bits per heavy atom. The number of rotatable bonds is 4. The molecule has 0 aliphatic rings. The molecule has 8 aromatic rings. The van der Waals surface area contributed by atoms with Crippen LogP contribution in [0.15, 0.2) is 134 Å². The fraction of sp³-hybridized carbons (Fsp3) is 0. The quantitative estimate of drug-likeness (QED) is 0.210. The number of pyridine rings is 2. The van der Waals surface area contributed by atoms with Crippen molar-refractivity contribution >= 4 is 32.3 Å². The first-order valence-electron chi connectivity index (χ1n) is 13.7. The highest BCUT2D eigenvalue weighted by Gasteiger charge is 2.15. The SMILES string of the molecule is c1ccc(-c2ccnc(-c3ccc4c(ccc5cc(-c6nccc(-c7ccccn7)n6)c6ccccc6c54)c3)n2)nc1. The van der Waals surface area contributed by atoms with Crippen LogP contribution in [0, 0.1) is 0 Å². The van der Waals surface area contributed by atoms with Crippen LogP contribution in [-0.2, 0) is 0 Å². The fourth-order valence-corrected chi connectivity index (χ4v) is 5.56. The van der Waals surface area contributed by atoms with E-state index in [1.54, 1.807) is 24.8 Å². The van der Waals surface area contributed by atoms with Crippen molar-refractivity contribution in [1.29, 1.82) is 0 Å². The largest absolute Gasteiger partial charge is 0.255 e. The Bertz CT molecular complexity index is 2250. The van der Waals surface area contributed by atoms with Crippen LogP contribution in [0.2, 0.25) is 0 Å². The number of benzene rings is 4. The minimum absolute atomic E-state index is 0.672. The van der Waals surface area contributed by atoms with Gasteiger partial charge in [0.25, 0.3) is 0 Å². The summed E-state index contributed by atoms with van der Waals surface area (Å²) in [4.78, 5) is 27.9. The van der Waals surface area contributed by atoms with Crippen molar-refractivity contribution in [3.63, 3.8) is 0 Å². The summed E-state index contributed by atoms with van der Waals surface area (Å²) >= 11 is 0. The van der Waals surface area contributed by atoms with E-state index >= 15 is 0 Å². The van der Waals surface area contributed by atoms with Crippen LogP contribution in [0.25, 0.3) is 77.9 Å². The van der Waals surface area contributed by atoms with Crippen LogP contribution in [0.1, 0.15) is 0 Å². The summed E-state index contributed by atoms with van der Waals surface area (Å²) in [6.45, 7) is 0. The van der Waals surface area contributed by atoms with Crippen molar-refractivity contribution in [2.24, 2.45) is 0 Å². The lowest BCUT2D eigenvalue weighted by Gasteiger charge is -2.13. The van der Waals surface area contributed by atoms with Crippen LogP contribution in [0.3, 0.4) is 0 Å². The number of aromatic nitrogens is 6. The Morgan fingerprint density at radius 2 is 1.02 bits per heavy atom. The molecule has 196 valence electrons. The van der Waals surface area contributed by atoms with E-state index in [1.165, 1.54) is 10.8 Å². The van der Waals surface area contributed by atoms with Gasteiger partial charge in [0, 0.05) is 35.9 Å². The van der Waals surface area contributed by atoms with Gasteiger partial charge in [-0.2, -0.15) is 0 Å². The average molecular weight is 539 g/mol. The van der Waals surface area contributed by atoms with Gasteiger partial charge < -0.3 is 0 Å². The van der Waals surface area contributed by atoms with E-state index in [0.29, 0.717) is 11.6 Å². The van der Waals surface area contributed by atoms with E-state index in [1.807, 2.05) is 48.5 Å². The van der Waals surface area contributed by atoms with Gasteiger partial charge in [-0.15, -0.1) is 0 Å². The molecule has 4 aromatic carbocycles. The van der Waals surface area contributed by atoms with E-state index in [0.717, 1.165) is 55.4 Å². The number of fused-ring (bicyclic) bond motifs is 5. The van der Waals surface area contributed by atoms with Gasteiger partial charge in [-0.05, 0) is 80.8 Å². The van der Waals surface area contributed by atoms with Crippen LogP contribution in [-0.4, -0.2) is 29.9 Å². The molecule has 0 bridgehead atoms. The van der Waals surface area contributed by atoms with E-state index in [2.05, 4.69) is 80.6 Å². The Balaban J connectivity index is 1.28. The van der Waals surface area contributed by atoms with Gasteiger partial charge in [-0.3, -0.25) is 9.97 Å². The highest BCUT2D eigenvalue weighted by Crippen LogP contribution is 2.38. The van der Waals surface area contributed by atoms with Gasteiger partial charge >= 0.3 is 0 Å². The molecular formula is C36H22N6. The van der Waals surface area contributed by atoms with Crippen LogP contribution < -0.4 is 0 Å². The lowest BCUT2D eigenvalue weighted by molar-refractivity contribution is 1.16. The first-order chi connectivity index (χ1) is 20.8. The van der Waals surface area contributed by atoms with Crippen molar-refractivity contribution in [3.05, 3.63) is 134 Å². The topological polar surface area (TPSA) is 77.3 Å². The molecule has 0 saturated carbocycles. The molecule has 0 aliphatic heterocycles. The van der Waals surface area contributed by atoms with Gasteiger partial charge in [0.05, 0.1) is 22.8 Å². The second-order valence-electron chi connectivity index (χ2n) is 10.0. The van der Waals surface area contributed by atoms with Crippen molar-refractivity contribution < 1.29 is 0 Å². The second-order valence-corrected chi connectivity index (χ2v) is 10.0. The highest BCUT2D eigenvalue weighted by atomic mass is 14.9. The van der Waals surface area contributed by atoms with Gasteiger partial charge in [0.1, 0.15) is 0 Å². The van der Waals surface area contributed by atoms with Crippen molar-refractivity contribution in [2.75, 3.05) is 0 Å². The Labute approximate surface area is 241 Å². The standard InChI is InChI=1S/C36H22N6/c1-2-8-28-27(7-1)29(36-40-20-16-33(42-36)31-10-4-6-18-38-31)22-24-12-11-23-21-25(13-14-26(23)34(24)28)35-39-19-15-32(41-35)30-9-3-5-17-37-30/h1-22H. The number of hydrogen-bond donors (Lipinski definition) is 0. The zero-order valence-corrected chi connectivity index (χ0v) is 22.4. The molecule has 6 heteroatoms. The molecule has 0 radical (unpaired) electrons. The first-order valence-corrected chi connectivity index (χ1v) is 13.7. The molecule has 0 spiro atoms. The third-order valence-electron chi connectivity index (χ3n) is 7.50. The summed E-state index contributed by atoms with van der Waals surface area (Å²) in [5.74, 6) is 1.35. The lowest BCUT2D eigenvalue weighted by Crippen LogP contribution is -1.95. The molecule has 0 saturated heterocycles. The molecule has 4 aromatic heterocycles. The molecule has 0 unspecified atom stereocenters. The van der Waals surface area contributed by atoms with Crippen LogP contribution in [0.5, 0.6) is 0 Å². The van der Waals surface area contributed by atoms with E-state index in [-0.39, 0.29) is 0 Å². The molecule has 0 atom stereocenters. The lowest BCUT2D eigenvalue weighted by atomic mass is 9.92. The van der Waals surface area contributed by atoms with Crippen molar-refractivity contribution in [2.45, 2.75) is 0 Å². The third kappa shape index (κ3) is 4.14. The molecule has 8 rings (SSSR count). The predicted molar refractivity (Wildman–Crippen MR) is 167 cm³/mol. The third-order valence-corrected chi connectivity index (χ3v) is 7.50. The number of nitrogens with zero attached hydrogens (tertiary/aromatic N) is 6. The summed E-state index contributed by atoms with van der Waals surface area (Å²) in [5.41, 5.74) is 5.19. The molecule has 4 heterocycles. The summed E-state index contributed by atoms with van der Waals surface area (Å²) < 4.78 is 0. The van der Waals surface area contributed by atoms with E-state index < -0.39 is 0 Å². The molecule has 6 nitrogen and oxygen atoms in total. The zero-order valence-electron chi connectivity index (χ0n) is 22.4. The molecular weight excluding hydrogens is 516 g/mol. The summed E-state index contributed by atoms with van der Waals surface area (Å²) in [6.07, 6.45) is 7.15. The van der Waals surface area contributed by atoms with E-state index in [9.17, 15) is 0 Å². The highest BCUT2D eigenvalue weighted by molar-refractivity contribution is 6.23. The van der Waals surface area contributed by atoms with Gasteiger partial charge in [0.2, 0.25) is 0 Å². The van der Waals surface area contributed by atoms with Gasteiger partial charge in [-0.1, -0.05) is 60.7 Å². The maximum Gasteiger partial charge on any atom is 0.160 e.